The number of ether oxygens (including phenoxy) is 1. The fraction of sp³-hybridized carbons (Fsp3) is 0.279. The van der Waals surface area contributed by atoms with Crippen molar-refractivity contribution in [2.45, 2.75) is 70.7 Å². The van der Waals surface area contributed by atoms with E-state index >= 15 is 0 Å². The van der Waals surface area contributed by atoms with Gasteiger partial charge in [-0.1, -0.05) is 92.7 Å². The molecule has 1 fully saturated rings. The number of aryl methyl sites for hydroxylation is 1. The van der Waals surface area contributed by atoms with E-state index in [-0.39, 0.29) is 24.6 Å². The highest BCUT2D eigenvalue weighted by Gasteiger charge is 2.58. The number of hydrogen-bond acceptors (Lipinski definition) is 10. The number of urea groups is 2. The number of para-hydroxylation sites is 2. The van der Waals surface area contributed by atoms with Gasteiger partial charge in [-0.25, -0.2) is 19.2 Å². The SMILES string of the molecule is Cc1ccccc1NC(=O)Nc1ccc(CN2C(=O)N(C(CC(C)C)C(=O)[C@H](Nc3ccccc3)C(=O)OC(=O)[C@@H](N)CC(=O)O)C(=O)C2(C)c2ccccc2)cc1. The van der Waals surface area contributed by atoms with Crippen molar-refractivity contribution in [2.24, 2.45) is 11.7 Å². The van der Waals surface area contributed by atoms with Gasteiger partial charge in [-0.2, -0.15) is 0 Å². The quantitative estimate of drug-likeness (QED) is 0.0530. The Kier molecular flexibility index (Phi) is 13.4. The summed E-state index contributed by atoms with van der Waals surface area (Å²) in [6.07, 6.45) is -0.896. The van der Waals surface area contributed by atoms with E-state index in [1.807, 2.05) is 25.1 Å². The summed E-state index contributed by atoms with van der Waals surface area (Å²) in [6, 6.07) is 24.3. The van der Waals surface area contributed by atoms with Gasteiger partial charge < -0.3 is 36.4 Å². The van der Waals surface area contributed by atoms with E-state index in [9.17, 15) is 33.6 Å². The summed E-state index contributed by atoms with van der Waals surface area (Å²) in [6.45, 7) is 6.93. The number of amides is 5. The highest BCUT2D eigenvalue weighted by Crippen LogP contribution is 2.40. The van der Waals surface area contributed by atoms with Crippen LogP contribution in [0.5, 0.6) is 0 Å². The van der Waals surface area contributed by atoms with Gasteiger partial charge in [0.1, 0.15) is 17.6 Å². The predicted octanol–water partition coefficient (Wildman–Crippen LogP) is 5.65. The molecule has 5 amide bonds. The molecule has 0 aliphatic carbocycles. The summed E-state index contributed by atoms with van der Waals surface area (Å²) < 4.78 is 4.94. The maximum atomic E-state index is 14.8. The summed E-state index contributed by atoms with van der Waals surface area (Å²) in [5.41, 5.74) is 7.39. The van der Waals surface area contributed by atoms with Gasteiger partial charge in [0.2, 0.25) is 0 Å². The van der Waals surface area contributed by atoms with Crippen LogP contribution in [-0.4, -0.2) is 74.7 Å². The maximum Gasteiger partial charge on any atom is 0.344 e. The molecule has 0 aromatic heterocycles. The van der Waals surface area contributed by atoms with Gasteiger partial charge in [0.15, 0.2) is 11.8 Å². The van der Waals surface area contributed by atoms with Crippen LogP contribution in [0.2, 0.25) is 0 Å². The second kappa shape index (κ2) is 18.4. The number of ketones is 1. The van der Waals surface area contributed by atoms with Crippen molar-refractivity contribution in [3.05, 3.63) is 126 Å². The lowest BCUT2D eigenvalue weighted by Crippen LogP contribution is -2.54. The Hall–Kier alpha value is -6.87. The molecule has 5 rings (SSSR count). The first-order valence-corrected chi connectivity index (χ1v) is 18.6. The lowest BCUT2D eigenvalue weighted by Gasteiger charge is -2.32. The fourth-order valence-corrected chi connectivity index (χ4v) is 6.61. The third-order valence-corrected chi connectivity index (χ3v) is 9.73. The van der Waals surface area contributed by atoms with Gasteiger partial charge in [-0.3, -0.25) is 19.3 Å². The average molecular weight is 791 g/mol. The lowest BCUT2D eigenvalue weighted by molar-refractivity contribution is -0.163. The Morgan fingerprint density at radius 1 is 0.793 bits per heavy atom. The van der Waals surface area contributed by atoms with Crippen LogP contribution in [0.25, 0.3) is 0 Å². The van der Waals surface area contributed by atoms with Crippen LogP contribution in [0.3, 0.4) is 0 Å². The van der Waals surface area contributed by atoms with Gasteiger partial charge in [-0.05, 0) is 73.2 Å². The largest absolute Gasteiger partial charge is 0.481 e. The molecule has 4 atom stereocenters. The molecule has 15 heteroatoms. The number of nitrogens with zero attached hydrogens (tertiary/aromatic N) is 2. The van der Waals surface area contributed by atoms with E-state index in [0.29, 0.717) is 22.5 Å². The number of carbonyl (C=O) groups is 7. The molecule has 58 heavy (non-hydrogen) atoms. The number of esters is 2. The molecule has 1 heterocycles. The van der Waals surface area contributed by atoms with Crippen LogP contribution >= 0.6 is 0 Å². The molecule has 15 nitrogen and oxygen atoms in total. The number of carboxylic acids is 1. The first-order valence-electron chi connectivity index (χ1n) is 18.6. The fourth-order valence-electron chi connectivity index (χ4n) is 6.61. The molecule has 0 spiro atoms. The minimum atomic E-state index is -1.92. The van der Waals surface area contributed by atoms with Crippen molar-refractivity contribution >= 4 is 58.7 Å². The number of nitrogens with one attached hydrogen (secondary N) is 3. The molecule has 6 N–H and O–H groups in total. The Labute approximate surface area is 335 Å². The van der Waals surface area contributed by atoms with Crippen molar-refractivity contribution in [1.29, 1.82) is 0 Å². The van der Waals surface area contributed by atoms with Gasteiger partial charge in [0.05, 0.1) is 6.42 Å². The molecular formula is C43H46N6O9. The molecule has 0 radical (unpaired) electrons. The number of aliphatic carboxylic acids is 1. The highest BCUT2D eigenvalue weighted by atomic mass is 16.6. The van der Waals surface area contributed by atoms with Crippen LogP contribution < -0.4 is 21.7 Å². The normalized spacial score (nSPS) is 16.7. The molecule has 1 saturated heterocycles. The number of carboxylic acid groups (broad SMARTS) is 1. The number of hydrogen-bond donors (Lipinski definition) is 5. The number of carbonyl (C=O) groups excluding carboxylic acids is 6. The van der Waals surface area contributed by atoms with E-state index in [2.05, 4.69) is 16.0 Å². The van der Waals surface area contributed by atoms with E-state index in [4.69, 9.17) is 15.6 Å². The minimum absolute atomic E-state index is 0.0628. The molecule has 1 aliphatic rings. The van der Waals surface area contributed by atoms with Crippen molar-refractivity contribution < 1.29 is 43.4 Å². The van der Waals surface area contributed by atoms with Crippen LogP contribution in [0.4, 0.5) is 26.7 Å². The number of Topliss-reactive ketones (excluding diaryl/α,β-unsaturated/α-hetero) is 1. The Morgan fingerprint density at radius 3 is 2.00 bits per heavy atom. The number of anilines is 3. The predicted molar refractivity (Wildman–Crippen MR) is 215 cm³/mol. The smallest absolute Gasteiger partial charge is 0.344 e. The van der Waals surface area contributed by atoms with Crippen molar-refractivity contribution in [1.82, 2.24) is 9.80 Å². The number of nitrogens with two attached hydrogens (primary N) is 1. The Morgan fingerprint density at radius 2 is 1.40 bits per heavy atom. The monoisotopic (exact) mass is 790 g/mol. The zero-order chi connectivity index (χ0) is 42.1. The molecule has 1 aliphatic heterocycles. The van der Waals surface area contributed by atoms with Gasteiger partial charge >= 0.3 is 30.0 Å². The number of imide groups is 1. The van der Waals surface area contributed by atoms with E-state index in [0.717, 1.165) is 10.5 Å². The molecule has 2 unspecified atom stereocenters. The first-order chi connectivity index (χ1) is 27.6. The Balaban J connectivity index is 1.47. The zero-order valence-corrected chi connectivity index (χ0v) is 32.5. The molecule has 302 valence electrons. The van der Waals surface area contributed by atoms with E-state index in [1.54, 1.807) is 112 Å². The summed E-state index contributed by atoms with van der Waals surface area (Å²) in [5, 5.41) is 17.5. The molecule has 0 bridgehead atoms. The highest BCUT2D eigenvalue weighted by molar-refractivity contribution is 6.15. The van der Waals surface area contributed by atoms with E-state index in [1.165, 1.54) is 4.90 Å². The van der Waals surface area contributed by atoms with Crippen LogP contribution in [0.15, 0.2) is 109 Å². The van der Waals surface area contributed by atoms with Gasteiger partial charge in [0.25, 0.3) is 5.91 Å². The second-order valence-electron chi connectivity index (χ2n) is 14.5. The molecular weight excluding hydrogens is 745 g/mol. The molecule has 4 aromatic rings. The van der Waals surface area contributed by atoms with Crippen molar-refractivity contribution in [3.8, 4) is 0 Å². The first kappa shape index (κ1) is 42.3. The minimum Gasteiger partial charge on any atom is -0.481 e. The van der Waals surface area contributed by atoms with Crippen LogP contribution in [-0.2, 0) is 40.8 Å². The summed E-state index contributed by atoms with van der Waals surface area (Å²) in [7, 11) is 0. The van der Waals surface area contributed by atoms with Crippen molar-refractivity contribution in [3.63, 3.8) is 0 Å². The molecule has 0 saturated carbocycles. The van der Waals surface area contributed by atoms with Gasteiger partial charge in [-0.15, -0.1) is 0 Å². The summed E-state index contributed by atoms with van der Waals surface area (Å²) in [4.78, 5) is 96.7. The topological polar surface area (TPSA) is 218 Å². The summed E-state index contributed by atoms with van der Waals surface area (Å²) in [5.74, 6) is -6.12. The maximum absolute atomic E-state index is 14.8. The zero-order valence-electron chi connectivity index (χ0n) is 32.5. The average Bonchev–Trinajstić information content (AvgIpc) is 3.38. The van der Waals surface area contributed by atoms with Crippen LogP contribution in [0, 0.1) is 12.8 Å². The number of rotatable bonds is 16. The van der Waals surface area contributed by atoms with Crippen LogP contribution in [0.1, 0.15) is 50.3 Å². The third-order valence-electron chi connectivity index (χ3n) is 9.73. The lowest BCUT2D eigenvalue weighted by atomic mass is 9.88. The number of benzene rings is 4. The second-order valence-corrected chi connectivity index (χ2v) is 14.5. The Bertz CT molecular complexity index is 2160. The third kappa shape index (κ3) is 9.73. The summed E-state index contributed by atoms with van der Waals surface area (Å²) >= 11 is 0. The van der Waals surface area contributed by atoms with Gasteiger partial charge in [0, 0.05) is 23.6 Å². The standard InChI is InChI=1S/C43H46N6O9/c1-26(2)23-34(37(52)36(45-30-16-9-6-10-17-30)39(54)58-38(53)32(44)24-35(50)51)49-40(55)43(4,29-14-7-5-8-15-29)48(42(49)57)25-28-19-21-31(22-20-28)46-41(56)47-33-18-12-11-13-27(33)3/h5-22,26,32,34,36,45H,23-25,44H2,1-4H3,(H,50,51)(H2,46,47,56)/t32-,34?,36-,43?/m0/s1. The van der Waals surface area contributed by atoms with Crippen molar-refractivity contribution in [2.75, 3.05) is 16.0 Å². The van der Waals surface area contributed by atoms with E-state index < -0.39 is 71.7 Å². The molecule has 4 aromatic carbocycles.